The van der Waals surface area contributed by atoms with E-state index in [1.165, 1.54) is 37.8 Å². The summed E-state index contributed by atoms with van der Waals surface area (Å²) in [5.74, 6) is 1.68. The Morgan fingerprint density at radius 3 is 2.12 bits per heavy atom. The first kappa shape index (κ1) is 15.3. The molecule has 16 heavy (non-hydrogen) atoms. The van der Waals surface area contributed by atoms with Crippen molar-refractivity contribution in [2.75, 3.05) is 0 Å². The molecule has 0 unspecified atom stereocenters. The molecule has 1 heteroatoms. The van der Waals surface area contributed by atoms with Gasteiger partial charge < -0.3 is 5.32 Å². The summed E-state index contributed by atoms with van der Waals surface area (Å²) < 4.78 is 0. The van der Waals surface area contributed by atoms with Gasteiger partial charge in [-0.1, -0.05) is 52.7 Å². The Kier molecular flexibility index (Phi) is 9.07. The van der Waals surface area contributed by atoms with Crippen molar-refractivity contribution < 1.29 is 0 Å². The Morgan fingerprint density at radius 2 is 1.75 bits per heavy atom. The van der Waals surface area contributed by atoms with Gasteiger partial charge in [0.25, 0.3) is 0 Å². The Hall–Kier alpha value is -0.720. The lowest BCUT2D eigenvalue weighted by atomic mass is 9.81. The monoisotopic (exact) mass is 223 g/mol. The number of hydrogen-bond donors (Lipinski definition) is 1. The van der Waals surface area contributed by atoms with E-state index in [-0.39, 0.29) is 0 Å². The van der Waals surface area contributed by atoms with Gasteiger partial charge in [-0.3, -0.25) is 0 Å². The topological polar surface area (TPSA) is 12.0 Å². The SMILES string of the molecule is C=CN/C(=C\C)C1CCC(C)CC1.CCC. The number of allylic oxidation sites excluding steroid dienone is 2. The summed E-state index contributed by atoms with van der Waals surface area (Å²) in [5.41, 5.74) is 1.36. The second-order valence-corrected chi connectivity index (χ2v) is 4.76. The predicted octanol–water partition coefficient (Wildman–Crippen LogP) is 4.87. The summed E-state index contributed by atoms with van der Waals surface area (Å²) in [6.07, 6.45) is 10.6. The van der Waals surface area contributed by atoms with E-state index in [2.05, 4.69) is 45.7 Å². The molecule has 0 amide bonds. The molecule has 0 aromatic heterocycles. The molecule has 1 rings (SSSR count). The molecule has 0 atom stereocenters. The fourth-order valence-corrected chi connectivity index (χ4v) is 2.13. The van der Waals surface area contributed by atoms with Crippen molar-refractivity contribution in [1.29, 1.82) is 0 Å². The molecular formula is C15H29N. The summed E-state index contributed by atoms with van der Waals surface area (Å²) >= 11 is 0. The van der Waals surface area contributed by atoms with Crippen LogP contribution in [0.15, 0.2) is 24.6 Å². The van der Waals surface area contributed by atoms with Gasteiger partial charge in [0, 0.05) is 5.70 Å². The first-order chi connectivity index (χ1) is 7.69. The van der Waals surface area contributed by atoms with E-state index in [1.807, 2.05) is 0 Å². The van der Waals surface area contributed by atoms with Crippen LogP contribution in [0.4, 0.5) is 0 Å². The van der Waals surface area contributed by atoms with Crippen LogP contribution in [0, 0.1) is 11.8 Å². The van der Waals surface area contributed by atoms with Crippen LogP contribution in [0.2, 0.25) is 0 Å². The summed E-state index contributed by atoms with van der Waals surface area (Å²) in [5, 5.41) is 3.24. The van der Waals surface area contributed by atoms with Crippen molar-refractivity contribution in [1.82, 2.24) is 5.32 Å². The fraction of sp³-hybridized carbons (Fsp3) is 0.733. The lowest BCUT2D eigenvalue weighted by Crippen LogP contribution is -2.20. The van der Waals surface area contributed by atoms with Gasteiger partial charge in [0.2, 0.25) is 0 Å². The second-order valence-electron chi connectivity index (χ2n) is 4.76. The summed E-state index contributed by atoms with van der Waals surface area (Å²) in [6.45, 7) is 12.4. The highest BCUT2D eigenvalue weighted by molar-refractivity contribution is 5.06. The van der Waals surface area contributed by atoms with Gasteiger partial charge in [-0.15, -0.1) is 0 Å². The molecule has 0 aromatic rings. The summed E-state index contributed by atoms with van der Waals surface area (Å²) in [6, 6.07) is 0. The molecule has 1 saturated carbocycles. The van der Waals surface area contributed by atoms with Gasteiger partial charge in [0.05, 0.1) is 0 Å². The van der Waals surface area contributed by atoms with E-state index in [0.29, 0.717) is 0 Å². The van der Waals surface area contributed by atoms with Gasteiger partial charge in [0.1, 0.15) is 0 Å². The van der Waals surface area contributed by atoms with Crippen molar-refractivity contribution >= 4 is 0 Å². The normalized spacial score (nSPS) is 25.4. The van der Waals surface area contributed by atoms with Crippen molar-refractivity contribution in [3.8, 4) is 0 Å². The quantitative estimate of drug-likeness (QED) is 0.720. The smallest absolute Gasteiger partial charge is 0.0134 e. The van der Waals surface area contributed by atoms with Gasteiger partial charge in [0.15, 0.2) is 0 Å². The average Bonchev–Trinajstić information content (AvgIpc) is 2.28. The van der Waals surface area contributed by atoms with Crippen LogP contribution in [0.1, 0.15) is 59.8 Å². The Morgan fingerprint density at radius 1 is 1.25 bits per heavy atom. The van der Waals surface area contributed by atoms with Crippen LogP contribution in [0.25, 0.3) is 0 Å². The highest BCUT2D eigenvalue weighted by Gasteiger charge is 2.20. The molecule has 0 heterocycles. The van der Waals surface area contributed by atoms with Crippen molar-refractivity contribution in [3.63, 3.8) is 0 Å². The molecule has 0 spiro atoms. The van der Waals surface area contributed by atoms with Gasteiger partial charge in [-0.25, -0.2) is 0 Å². The standard InChI is InChI=1S/C12H21N.C3H8/c1-4-12(13-5-2)11-8-6-10(3)7-9-11;1-3-2/h4-5,10-11,13H,2,6-9H2,1,3H3;3H2,1-2H3/b12-4-;. The third kappa shape index (κ3) is 5.99. The average molecular weight is 223 g/mol. The molecule has 0 aromatic carbocycles. The third-order valence-corrected chi connectivity index (χ3v) is 3.04. The predicted molar refractivity (Wildman–Crippen MR) is 74.2 cm³/mol. The molecule has 1 aliphatic carbocycles. The van der Waals surface area contributed by atoms with E-state index >= 15 is 0 Å². The van der Waals surface area contributed by atoms with Gasteiger partial charge in [-0.05, 0) is 37.8 Å². The Balaban J connectivity index is 0.000000673. The lowest BCUT2D eigenvalue weighted by Gasteiger charge is -2.28. The van der Waals surface area contributed by atoms with E-state index in [1.54, 1.807) is 6.20 Å². The summed E-state index contributed by atoms with van der Waals surface area (Å²) in [7, 11) is 0. The number of nitrogens with one attached hydrogen (secondary N) is 1. The second kappa shape index (κ2) is 9.50. The minimum absolute atomic E-state index is 0.749. The maximum absolute atomic E-state index is 3.71. The van der Waals surface area contributed by atoms with E-state index in [4.69, 9.17) is 0 Å². The lowest BCUT2D eigenvalue weighted by molar-refractivity contribution is 0.314. The molecule has 1 N–H and O–H groups in total. The maximum atomic E-state index is 3.71. The van der Waals surface area contributed by atoms with Crippen LogP contribution in [0.3, 0.4) is 0 Å². The minimum Gasteiger partial charge on any atom is -0.366 e. The molecular weight excluding hydrogens is 194 g/mol. The molecule has 1 aliphatic rings. The largest absolute Gasteiger partial charge is 0.366 e. The van der Waals surface area contributed by atoms with E-state index < -0.39 is 0 Å². The van der Waals surface area contributed by atoms with E-state index in [9.17, 15) is 0 Å². The van der Waals surface area contributed by atoms with Crippen molar-refractivity contribution in [2.45, 2.75) is 59.8 Å². The Bertz CT molecular complexity index is 197. The highest BCUT2D eigenvalue weighted by Crippen LogP contribution is 2.31. The number of hydrogen-bond acceptors (Lipinski definition) is 1. The summed E-state index contributed by atoms with van der Waals surface area (Å²) in [4.78, 5) is 0. The molecule has 0 saturated heterocycles. The fourth-order valence-electron chi connectivity index (χ4n) is 2.13. The molecule has 0 radical (unpaired) electrons. The van der Waals surface area contributed by atoms with Crippen LogP contribution in [-0.4, -0.2) is 0 Å². The minimum atomic E-state index is 0.749. The van der Waals surface area contributed by atoms with Gasteiger partial charge >= 0.3 is 0 Å². The zero-order chi connectivity index (χ0) is 12.4. The van der Waals surface area contributed by atoms with Crippen molar-refractivity contribution in [2.24, 2.45) is 11.8 Å². The molecule has 0 bridgehead atoms. The van der Waals surface area contributed by atoms with Crippen LogP contribution >= 0.6 is 0 Å². The highest BCUT2D eigenvalue weighted by atomic mass is 14.9. The first-order valence-electron chi connectivity index (χ1n) is 6.73. The van der Waals surface area contributed by atoms with Crippen LogP contribution in [-0.2, 0) is 0 Å². The molecule has 0 aliphatic heterocycles. The van der Waals surface area contributed by atoms with Gasteiger partial charge in [-0.2, -0.15) is 0 Å². The van der Waals surface area contributed by atoms with Crippen molar-refractivity contribution in [3.05, 3.63) is 24.6 Å². The Labute approximate surface area is 102 Å². The zero-order valence-corrected chi connectivity index (χ0v) is 11.6. The molecule has 94 valence electrons. The molecule has 1 fully saturated rings. The zero-order valence-electron chi connectivity index (χ0n) is 11.6. The van der Waals surface area contributed by atoms with E-state index in [0.717, 1.165) is 11.8 Å². The van der Waals surface area contributed by atoms with Crippen LogP contribution < -0.4 is 5.32 Å². The van der Waals surface area contributed by atoms with Crippen LogP contribution in [0.5, 0.6) is 0 Å². The third-order valence-electron chi connectivity index (χ3n) is 3.04. The first-order valence-corrected chi connectivity index (χ1v) is 6.73. The maximum Gasteiger partial charge on any atom is 0.0134 e. The number of rotatable bonds is 3. The molecule has 1 nitrogen and oxygen atoms in total.